The summed E-state index contributed by atoms with van der Waals surface area (Å²) in [7, 11) is 0. The number of hydrogen-bond donors (Lipinski definition) is 1. The minimum absolute atomic E-state index is 0.140. The van der Waals surface area contributed by atoms with Crippen LogP contribution in [0.4, 0.5) is 0 Å². The van der Waals surface area contributed by atoms with Crippen molar-refractivity contribution in [2.24, 2.45) is 5.10 Å². The molecule has 1 N–H and O–H groups in total. The molecule has 0 unspecified atom stereocenters. The van der Waals surface area contributed by atoms with Crippen molar-refractivity contribution in [3.63, 3.8) is 0 Å². The average molecular weight is 504 g/mol. The number of benzene rings is 2. The van der Waals surface area contributed by atoms with Gasteiger partial charge in [0.05, 0.1) is 11.2 Å². The third-order valence-corrected chi connectivity index (χ3v) is 6.07. The largest absolute Gasteiger partial charge is 0.444 e. The number of amides is 1. The number of rotatable bonds is 5. The van der Waals surface area contributed by atoms with E-state index in [0.717, 1.165) is 10.1 Å². The first-order valence-electron chi connectivity index (χ1n) is 8.59. The smallest absolute Gasteiger partial charge is 0.355 e. The number of carbonyl (C=O) groups is 2. The number of ether oxygens (including phenoxy) is 1. The van der Waals surface area contributed by atoms with E-state index in [1.165, 1.54) is 23.6 Å². The van der Waals surface area contributed by atoms with Crippen LogP contribution in [0.2, 0.25) is 5.02 Å². The zero-order valence-corrected chi connectivity index (χ0v) is 18.3. The second kappa shape index (κ2) is 8.83. The molecule has 0 aliphatic heterocycles. The van der Waals surface area contributed by atoms with Crippen molar-refractivity contribution >= 4 is 67.0 Å². The lowest BCUT2D eigenvalue weighted by Crippen LogP contribution is -2.16. The van der Waals surface area contributed by atoms with Crippen LogP contribution in [0, 0.1) is 0 Å². The molecule has 4 aromatic rings. The van der Waals surface area contributed by atoms with E-state index in [4.69, 9.17) is 20.8 Å². The number of carbonyl (C=O) groups excluding carboxylic acids is 2. The van der Waals surface area contributed by atoms with Crippen LogP contribution in [-0.2, 0) is 0 Å². The Balaban J connectivity index is 1.39. The minimum Gasteiger partial charge on any atom is -0.444 e. The molecule has 4 rings (SSSR count). The molecule has 2 aromatic carbocycles. The summed E-state index contributed by atoms with van der Waals surface area (Å²) in [6.45, 7) is 0. The molecule has 6 nitrogen and oxygen atoms in total. The Hall–Kier alpha value is -2.94. The third kappa shape index (κ3) is 4.46. The summed E-state index contributed by atoms with van der Waals surface area (Å²) in [5.41, 5.74) is 3.07. The van der Waals surface area contributed by atoms with Gasteiger partial charge < -0.3 is 9.15 Å². The van der Waals surface area contributed by atoms with Crippen molar-refractivity contribution in [2.45, 2.75) is 0 Å². The highest BCUT2D eigenvalue weighted by Crippen LogP contribution is 2.35. The fourth-order valence-electron chi connectivity index (χ4n) is 2.58. The van der Waals surface area contributed by atoms with E-state index in [0.29, 0.717) is 25.9 Å². The molecule has 2 aromatic heterocycles. The fraction of sp³-hybridized carbons (Fsp3) is 0. The second-order valence-electron chi connectivity index (χ2n) is 6.00. The lowest BCUT2D eigenvalue weighted by Gasteiger charge is -2.03. The Morgan fingerprint density at radius 1 is 1.10 bits per heavy atom. The maximum Gasteiger partial charge on any atom is 0.355 e. The number of halogens is 2. The fourth-order valence-corrected chi connectivity index (χ4v) is 4.27. The van der Waals surface area contributed by atoms with Gasteiger partial charge in [0.1, 0.15) is 10.6 Å². The highest BCUT2D eigenvalue weighted by Gasteiger charge is 2.18. The summed E-state index contributed by atoms with van der Waals surface area (Å²) >= 11 is 10.7. The molecule has 0 bridgehead atoms. The van der Waals surface area contributed by atoms with Crippen LogP contribution >= 0.6 is 38.9 Å². The van der Waals surface area contributed by atoms with E-state index in [9.17, 15) is 9.59 Å². The monoisotopic (exact) mass is 502 g/mol. The highest BCUT2D eigenvalue weighted by molar-refractivity contribution is 9.10. The van der Waals surface area contributed by atoms with E-state index in [2.05, 4.69) is 26.5 Å². The number of esters is 1. The molecule has 0 atom stereocenters. The molecule has 0 spiro atoms. The van der Waals surface area contributed by atoms with Crippen LogP contribution in [0.5, 0.6) is 5.75 Å². The average Bonchev–Trinajstić information content (AvgIpc) is 3.33. The minimum atomic E-state index is -0.514. The van der Waals surface area contributed by atoms with Gasteiger partial charge in [-0.15, -0.1) is 11.3 Å². The lowest BCUT2D eigenvalue weighted by molar-refractivity contribution is 0.0739. The summed E-state index contributed by atoms with van der Waals surface area (Å²) in [5, 5.41) is 5.10. The Kier molecular flexibility index (Phi) is 5.98. The summed E-state index contributed by atoms with van der Waals surface area (Å²) in [5.74, 6) is -0.474. The van der Waals surface area contributed by atoms with E-state index < -0.39 is 11.9 Å². The van der Waals surface area contributed by atoms with Gasteiger partial charge in [0.2, 0.25) is 0 Å². The van der Waals surface area contributed by atoms with Gasteiger partial charge in [-0.05, 0) is 64.0 Å². The van der Waals surface area contributed by atoms with Gasteiger partial charge >= 0.3 is 11.9 Å². The molecule has 9 heteroatoms. The molecule has 0 saturated carbocycles. The Morgan fingerprint density at radius 3 is 2.57 bits per heavy atom. The number of fused-ring (bicyclic) bond motifs is 1. The molecule has 0 fully saturated rings. The highest BCUT2D eigenvalue weighted by atomic mass is 79.9. The quantitative estimate of drug-likeness (QED) is 0.159. The van der Waals surface area contributed by atoms with Crippen LogP contribution in [0.1, 0.15) is 25.8 Å². The molecular weight excluding hydrogens is 492 g/mol. The number of hydrazone groups is 1. The van der Waals surface area contributed by atoms with Crippen molar-refractivity contribution in [1.29, 1.82) is 0 Å². The van der Waals surface area contributed by atoms with Gasteiger partial charge in [-0.2, -0.15) is 5.10 Å². The molecular formula is C21H12BrClN2O4S. The molecule has 2 heterocycles. The van der Waals surface area contributed by atoms with Crippen molar-refractivity contribution in [3.05, 3.63) is 86.6 Å². The Labute approximate surface area is 188 Å². The molecule has 0 saturated heterocycles. The standard InChI is InChI=1S/C21H12BrClN2O4S/c22-17-10-9-15(29-17)20(26)25-24-11-12-5-7-13(8-6-12)28-21(27)19-18(23)14-3-1-2-4-16(14)30-19/h1-11H,(H,25,26). The van der Waals surface area contributed by atoms with Crippen molar-refractivity contribution in [2.75, 3.05) is 0 Å². The summed E-state index contributed by atoms with van der Waals surface area (Å²) < 4.78 is 11.9. The normalized spacial score (nSPS) is 11.1. The van der Waals surface area contributed by atoms with Crippen LogP contribution in [0.15, 0.2) is 74.9 Å². The lowest BCUT2D eigenvalue weighted by atomic mass is 10.2. The van der Waals surface area contributed by atoms with Crippen molar-refractivity contribution in [1.82, 2.24) is 5.43 Å². The topological polar surface area (TPSA) is 80.9 Å². The van der Waals surface area contributed by atoms with E-state index in [1.807, 2.05) is 24.3 Å². The molecule has 150 valence electrons. The zero-order chi connectivity index (χ0) is 21.1. The number of thiophene rings is 1. The first kappa shape index (κ1) is 20.3. The first-order valence-corrected chi connectivity index (χ1v) is 10.6. The first-order chi connectivity index (χ1) is 14.5. The third-order valence-electron chi connectivity index (χ3n) is 3.99. The predicted molar refractivity (Wildman–Crippen MR) is 120 cm³/mol. The molecule has 0 radical (unpaired) electrons. The molecule has 1 amide bonds. The van der Waals surface area contributed by atoms with Crippen LogP contribution in [0.3, 0.4) is 0 Å². The van der Waals surface area contributed by atoms with Crippen LogP contribution in [0.25, 0.3) is 10.1 Å². The van der Waals surface area contributed by atoms with Gasteiger partial charge in [0.25, 0.3) is 0 Å². The van der Waals surface area contributed by atoms with Gasteiger partial charge in [-0.25, -0.2) is 10.2 Å². The Morgan fingerprint density at radius 2 is 1.87 bits per heavy atom. The van der Waals surface area contributed by atoms with Crippen LogP contribution < -0.4 is 10.2 Å². The number of nitrogens with zero attached hydrogens (tertiary/aromatic N) is 1. The van der Waals surface area contributed by atoms with Gasteiger partial charge in [0.15, 0.2) is 10.4 Å². The number of hydrogen-bond acceptors (Lipinski definition) is 6. The van der Waals surface area contributed by atoms with E-state index in [1.54, 1.807) is 30.3 Å². The summed E-state index contributed by atoms with van der Waals surface area (Å²) in [4.78, 5) is 24.7. The van der Waals surface area contributed by atoms with Gasteiger partial charge in [-0.1, -0.05) is 29.8 Å². The van der Waals surface area contributed by atoms with E-state index in [-0.39, 0.29) is 5.76 Å². The van der Waals surface area contributed by atoms with Gasteiger partial charge in [-0.3, -0.25) is 4.79 Å². The van der Waals surface area contributed by atoms with Crippen LogP contribution in [-0.4, -0.2) is 18.1 Å². The van der Waals surface area contributed by atoms with Crippen molar-refractivity contribution in [3.8, 4) is 5.75 Å². The SMILES string of the molecule is O=C(NN=Cc1ccc(OC(=O)c2sc3ccccc3c2Cl)cc1)c1ccc(Br)o1. The predicted octanol–water partition coefficient (Wildman–Crippen LogP) is 5.89. The summed E-state index contributed by atoms with van der Waals surface area (Å²) in [6.07, 6.45) is 1.46. The molecule has 0 aliphatic carbocycles. The summed E-state index contributed by atoms with van der Waals surface area (Å²) in [6, 6.07) is 17.3. The second-order valence-corrected chi connectivity index (χ2v) is 8.21. The molecule has 0 aliphatic rings. The number of nitrogens with one attached hydrogen (secondary N) is 1. The maximum atomic E-state index is 12.5. The molecule has 30 heavy (non-hydrogen) atoms. The Bertz CT molecular complexity index is 1260. The van der Waals surface area contributed by atoms with Gasteiger partial charge in [0, 0.05) is 10.1 Å². The van der Waals surface area contributed by atoms with E-state index >= 15 is 0 Å². The zero-order valence-electron chi connectivity index (χ0n) is 15.1. The van der Waals surface area contributed by atoms with Crippen molar-refractivity contribution < 1.29 is 18.7 Å². The number of furan rings is 1. The maximum absolute atomic E-state index is 12.5.